The number of hydrogen-bond donors (Lipinski definition) is 1. The zero-order valence-electron chi connectivity index (χ0n) is 7.72. The first-order valence-corrected chi connectivity index (χ1v) is 4.11. The molecular weight excluding hydrogens is 209 g/mol. The van der Waals surface area contributed by atoms with Crippen molar-refractivity contribution < 1.29 is 17.9 Å². The van der Waals surface area contributed by atoms with Crippen molar-refractivity contribution in [1.29, 1.82) is 0 Å². The molecule has 0 spiro atoms. The number of nitrogens with one attached hydrogen (secondary N) is 1. The van der Waals surface area contributed by atoms with Crippen molar-refractivity contribution in [2.24, 2.45) is 0 Å². The molecular formula is C9H7F3N2O. The van der Waals surface area contributed by atoms with E-state index in [1.54, 1.807) is 0 Å². The Balaban J connectivity index is 2.62. The molecule has 2 aromatic rings. The molecule has 0 aliphatic carbocycles. The van der Waals surface area contributed by atoms with Gasteiger partial charge in [0.1, 0.15) is 11.4 Å². The number of ether oxygens (including phenoxy) is 1. The predicted molar refractivity (Wildman–Crippen MR) is 47.6 cm³/mol. The minimum atomic E-state index is -4.41. The van der Waals surface area contributed by atoms with Gasteiger partial charge >= 0.3 is 6.18 Å². The maximum absolute atomic E-state index is 12.4. The third-order valence-corrected chi connectivity index (χ3v) is 2.05. The van der Waals surface area contributed by atoms with E-state index in [4.69, 9.17) is 4.74 Å². The molecule has 15 heavy (non-hydrogen) atoms. The maximum atomic E-state index is 12.4. The lowest BCUT2D eigenvalue weighted by Crippen LogP contribution is -2.05. The van der Waals surface area contributed by atoms with E-state index in [2.05, 4.69) is 5.10 Å². The Morgan fingerprint density at radius 3 is 2.67 bits per heavy atom. The maximum Gasteiger partial charge on any atom is 0.433 e. The number of nitrogens with zero attached hydrogens (tertiary/aromatic N) is 1. The van der Waals surface area contributed by atoms with Crippen LogP contribution in [-0.4, -0.2) is 17.3 Å². The molecule has 3 nitrogen and oxygen atoms in total. The number of methoxy groups -OCH3 is 1. The van der Waals surface area contributed by atoms with Crippen LogP contribution in [0.15, 0.2) is 18.2 Å². The van der Waals surface area contributed by atoms with Gasteiger partial charge in [-0.3, -0.25) is 5.10 Å². The Kier molecular flexibility index (Phi) is 2.06. The van der Waals surface area contributed by atoms with Crippen LogP contribution in [-0.2, 0) is 6.18 Å². The molecule has 0 aliphatic rings. The molecule has 0 fully saturated rings. The van der Waals surface area contributed by atoms with E-state index in [0.29, 0.717) is 5.75 Å². The van der Waals surface area contributed by atoms with E-state index >= 15 is 0 Å². The molecule has 6 heteroatoms. The lowest BCUT2D eigenvalue weighted by Gasteiger charge is -2.03. The summed E-state index contributed by atoms with van der Waals surface area (Å²) in [6.45, 7) is 0. The van der Waals surface area contributed by atoms with Crippen LogP contribution in [0.4, 0.5) is 13.2 Å². The first kappa shape index (κ1) is 9.82. The average Bonchev–Trinajstić information content (AvgIpc) is 2.59. The molecule has 2 rings (SSSR count). The van der Waals surface area contributed by atoms with Gasteiger partial charge in [0.2, 0.25) is 0 Å². The zero-order valence-corrected chi connectivity index (χ0v) is 7.72. The SMILES string of the molecule is COc1ccc2c(C(F)(F)F)[nH]nc2c1. The Hall–Kier alpha value is -1.72. The first-order valence-electron chi connectivity index (χ1n) is 4.11. The van der Waals surface area contributed by atoms with Crippen LogP contribution in [0.3, 0.4) is 0 Å². The third kappa shape index (κ3) is 1.62. The van der Waals surface area contributed by atoms with Gasteiger partial charge in [-0.1, -0.05) is 0 Å². The number of aromatic amines is 1. The van der Waals surface area contributed by atoms with Gasteiger partial charge in [-0.05, 0) is 12.1 Å². The molecule has 0 saturated heterocycles. The highest BCUT2D eigenvalue weighted by molar-refractivity contribution is 5.83. The minimum Gasteiger partial charge on any atom is -0.497 e. The normalized spacial score (nSPS) is 12.0. The molecule has 0 aliphatic heterocycles. The second-order valence-electron chi connectivity index (χ2n) is 2.98. The van der Waals surface area contributed by atoms with Gasteiger partial charge in [-0.2, -0.15) is 18.3 Å². The minimum absolute atomic E-state index is 0.0447. The fraction of sp³-hybridized carbons (Fsp3) is 0.222. The van der Waals surface area contributed by atoms with Crippen LogP contribution in [0, 0.1) is 0 Å². The van der Waals surface area contributed by atoms with E-state index in [-0.39, 0.29) is 10.9 Å². The number of rotatable bonds is 1. The zero-order chi connectivity index (χ0) is 11.1. The standard InChI is InChI=1S/C9H7F3N2O/c1-15-5-2-3-6-7(4-5)13-14-8(6)9(10,11)12/h2-4H,1H3,(H,13,14). The smallest absolute Gasteiger partial charge is 0.433 e. The van der Waals surface area contributed by atoms with Crippen LogP contribution < -0.4 is 4.74 Å². The van der Waals surface area contributed by atoms with Gasteiger partial charge in [0.05, 0.1) is 12.6 Å². The van der Waals surface area contributed by atoms with Gasteiger partial charge in [0.25, 0.3) is 0 Å². The molecule has 0 bridgehead atoms. The van der Waals surface area contributed by atoms with E-state index < -0.39 is 11.9 Å². The summed E-state index contributed by atoms with van der Waals surface area (Å²) in [6.07, 6.45) is -4.41. The number of hydrogen-bond acceptors (Lipinski definition) is 2. The summed E-state index contributed by atoms with van der Waals surface area (Å²) in [7, 11) is 1.44. The number of aromatic nitrogens is 2. The Morgan fingerprint density at radius 2 is 2.07 bits per heavy atom. The highest BCUT2D eigenvalue weighted by Gasteiger charge is 2.34. The fourth-order valence-corrected chi connectivity index (χ4v) is 1.33. The number of benzene rings is 1. The summed E-state index contributed by atoms with van der Waals surface area (Å²) >= 11 is 0. The third-order valence-electron chi connectivity index (χ3n) is 2.05. The fourth-order valence-electron chi connectivity index (χ4n) is 1.33. The average molecular weight is 216 g/mol. The largest absolute Gasteiger partial charge is 0.497 e. The van der Waals surface area contributed by atoms with Crippen LogP contribution in [0.5, 0.6) is 5.75 Å². The molecule has 0 radical (unpaired) electrons. The monoisotopic (exact) mass is 216 g/mol. The topological polar surface area (TPSA) is 37.9 Å². The highest BCUT2D eigenvalue weighted by atomic mass is 19.4. The molecule has 80 valence electrons. The van der Waals surface area contributed by atoms with Gasteiger partial charge in [-0.25, -0.2) is 0 Å². The molecule has 0 saturated carbocycles. The summed E-state index contributed by atoms with van der Waals surface area (Å²) < 4.78 is 42.2. The Labute approximate surface area is 82.9 Å². The number of fused-ring (bicyclic) bond motifs is 1. The lowest BCUT2D eigenvalue weighted by atomic mass is 10.2. The van der Waals surface area contributed by atoms with E-state index in [1.165, 1.54) is 25.3 Å². The van der Waals surface area contributed by atoms with Gasteiger partial charge in [0, 0.05) is 11.5 Å². The van der Waals surface area contributed by atoms with Crippen molar-refractivity contribution in [3.05, 3.63) is 23.9 Å². The molecule has 1 aromatic heterocycles. The second kappa shape index (κ2) is 3.15. The Bertz CT molecular complexity index is 490. The molecule has 1 aromatic carbocycles. The Morgan fingerprint density at radius 1 is 1.33 bits per heavy atom. The summed E-state index contributed by atoms with van der Waals surface area (Å²) in [5, 5.41) is 5.59. The van der Waals surface area contributed by atoms with Crippen molar-refractivity contribution in [3.8, 4) is 5.75 Å². The predicted octanol–water partition coefficient (Wildman–Crippen LogP) is 2.59. The van der Waals surface area contributed by atoms with Crippen LogP contribution in [0.1, 0.15) is 5.69 Å². The van der Waals surface area contributed by atoms with E-state index in [9.17, 15) is 13.2 Å². The van der Waals surface area contributed by atoms with Crippen molar-refractivity contribution in [2.45, 2.75) is 6.18 Å². The van der Waals surface area contributed by atoms with Crippen molar-refractivity contribution in [1.82, 2.24) is 10.2 Å². The van der Waals surface area contributed by atoms with Crippen LogP contribution in [0.25, 0.3) is 10.9 Å². The molecule has 1 heterocycles. The highest BCUT2D eigenvalue weighted by Crippen LogP contribution is 2.33. The number of halogens is 3. The molecule has 0 unspecified atom stereocenters. The van der Waals surface area contributed by atoms with Crippen molar-refractivity contribution in [2.75, 3.05) is 7.11 Å². The summed E-state index contributed by atoms with van der Waals surface area (Å²) in [6, 6.07) is 4.24. The van der Waals surface area contributed by atoms with Crippen LogP contribution >= 0.6 is 0 Å². The molecule has 0 atom stereocenters. The molecule has 1 N–H and O–H groups in total. The first-order chi connectivity index (χ1) is 7.02. The van der Waals surface area contributed by atoms with Gasteiger partial charge in [0.15, 0.2) is 0 Å². The quantitative estimate of drug-likeness (QED) is 0.795. The van der Waals surface area contributed by atoms with E-state index in [1.807, 2.05) is 5.10 Å². The second-order valence-corrected chi connectivity index (χ2v) is 2.98. The van der Waals surface area contributed by atoms with Gasteiger partial charge in [-0.15, -0.1) is 0 Å². The number of alkyl halides is 3. The van der Waals surface area contributed by atoms with Crippen molar-refractivity contribution in [3.63, 3.8) is 0 Å². The summed E-state index contributed by atoms with van der Waals surface area (Å²) in [4.78, 5) is 0. The van der Waals surface area contributed by atoms with Crippen molar-refractivity contribution >= 4 is 10.9 Å². The number of H-pyrrole nitrogens is 1. The summed E-state index contributed by atoms with van der Waals surface area (Å²) in [5.74, 6) is 0.475. The molecule has 0 amide bonds. The lowest BCUT2D eigenvalue weighted by molar-refractivity contribution is -0.139. The van der Waals surface area contributed by atoms with E-state index in [0.717, 1.165) is 0 Å². The van der Waals surface area contributed by atoms with Gasteiger partial charge < -0.3 is 4.74 Å². The summed E-state index contributed by atoms with van der Waals surface area (Å²) in [5.41, 5.74) is -0.596. The van der Waals surface area contributed by atoms with Crippen LogP contribution in [0.2, 0.25) is 0 Å².